The van der Waals surface area contributed by atoms with Gasteiger partial charge in [-0.15, -0.1) is 11.3 Å². The van der Waals surface area contributed by atoms with Gasteiger partial charge < -0.3 is 14.8 Å². The van der Waals surface area contributed by atoms with Gasteiger partial charge in [0.15, 0.2) is 0 Å². The van der Waals surface area contributed by atoms with Crippen LogP contribution in [-0.2, 0) is 14.8 Å². The number of benzene rings is 1. The second kappa shape index (κ2) is 8.22. The lowest BCUT2D eigenvalue weighted by molar-refractivity contribution is 0.0890. The minimum absolute atomic E-state index is 0.112. The molecule has 0 saturated carbocycles. The zero-order valence-electron chi connectivity index (χ0n) is 16.8. The molecule has 0 aliphatic carbocycles. The Kier molecular flexibility index (Phi) is 5.52. The highest BCUT2D eigenvalue weighted by atomic mass is 35.5. The van der Waals surface area contributed by atoms with Gasteiger partial charge in [0.1, 0.15) is 24.5 Å². The Labute approximate surface area is 193 Å². The molecule has 2 amide bonds. The van der Waals surface area contributed by atoms with Crippen LogP contribution in [0.15, 0.2) is 35.2 Å². The molecule has 3 aliphatic heterocycles. The van der Waals surface area contributed by atoms with E-state index in [9.17, 15) is 18.0 Å². The maximum absolute atomic E-state index is 12.8. The van der Waals surface area contributed by atoms with Crippen LogP contribution < -0.4 is 15.0 Å². The van der Waals surface area contributed by atoms with E-state index in [4.69, 9.17) is 21.1 Å². The Hall–Kier alpha value is -2.34. The van der Waals surface area contributed by atoms with Gasteiger partial charge >= 0.3 is 6.09 Å². The lowest BCUT2D eigenvalue weighted by Crippen LogP contribution is -2.47. The SMILES string of the molecule is O=C(NC[C@@H]1OC(=O)N2c3ccc(S(=O)(=O)N4CCCC4)cc3OC[C@@H]12)c1ccc(Cl)s1. The first kappa shape index (κ1) is 21.5. The second-order valence-corrected chi connectivity index (χ2v) is 11.4. The summed E-state index contributed by atoms with van der Waals surface area (Å²) < 4.78 is 39.0. The number of amides is 2. The molecule has 0 spiro atoms. The minimum atomic E-state index is -3.60. The van der Waals surface area contributed by atoms with E-state index in [0.717, 1.165) is 24.2 Å². The summed E-state index contributed by atoms with van der Waals surface area (Å²) >= 11 is 7.03. The predicted octanol–water partition coefficient (Wildman–Crippen LogP) is 2.70. The van der Waals surface area contributed by atoms with Gasteiger partial charge in [-0.25, -0.2) is 13.2 Å². The molecule has 0 unspecified atom stereocenters. The third-order valence-corrected chi connectivity index (χ3v) is 8.90. The highest BCUT2D eigenvalue weighted by Crippen LogP contribution is 2.40. The highest BCUT2D eigenvalue weighted by molar-refractivity contribution is 7.89. The lowest BCUT2D eigenvalue weighted by Gasteiger charge is -2.31. The zero-order chi connectivity index (χ0) is 22.5. The molecule has 2 saturated heterocycles. The summed E-state index contributed by atoms with van der Waals surface area (Å²) in [6, 6.07) is 7.35. The van der Waals surface area contributed by atoms with Gasteiger partial charge in [0.2, 0.25) is 10.0 Å². The number of fused-ring (bicyclic) bond motifs is 3. The molecule has 2 atom stereocenters. The molecule has 2 fully saturated rings. The number of sulfonamides is 1. The number of hydrogen-bond acceptors (Lipinski definition) is 7. The lowest BCUT2D eigenvalue weighted by atomic mass is 10.1. The zero-order valence-corrected chi connectivity index (χ0v) is 19.2. The van der Waals surface area contributed by atoms with E-state index in [0.29, 0.717) is 33.7 Å². The average Bonchev–Trinajstić information content (AvgIpc) is 3.52. The fourth-order valence-corrected chi connectivity index (χ4v) is 6.63. The Bertz CT molecular complexity index is 1180. The number of nitrogens with zero attached hydrogens (tertiary/aromatic N) is 2. The third kappa shape index (κ3) is 3.72. The predicted molar refractivity (Wildman–Crippen MR) is 118 cm³/mol. The van der Waals surface area contributed by atoms with E-state index in [2.05, 4.69) is 5.32 Å². The fourth-order valence-electron chi connectivity index (χ4n) is 4.14. The van der Waals surface area contributed by atoms with Crippen LogP contribution in [0, 0.1) is 0 Å². The van der Waals surface area contributed by atoms with Crippen LogP contribution in [-0.4, -0.2) is 63.1 Å². The Morgan fingerprint density at radius 2 is 2.00 bits per heavy atom. The molecule has 1 aromatic heterocycles. The molecule has 32 heavy (non-hydrogen) atoms. The van der Waals surface area contributed by atoms with Crippen molar-refractivity contribution in [3.05, 3.63) is 39.5 Å². The van der Waals surface area contributed by atoms with Crippen LogP contribution in [0.2, 0.25) is 4.34 Å². The quantitative estimate of drug-likeness (QED) is 0.681. The Morgan fingerprint density at radius 1 is 1.22 bits per heavy atom. The van der Waals surface area contributed by atoms with Crippen LogP contribution in [0.25, 0.3) is 0 Å². The number of halogens is 1. The van der Waals surface area contributed by atoms with Crippen molar-refractivity contribution < 1.29 is 27.5 Å². The molecule has 170 valence electrons. The Morgan fingerprint density at radius 3 is 2.72 bits per heavy atom. The molecule has 0 bridgehead atoms. The smallest absolute Gasteiger partial charge is 0.415 e. The first-order chi connectivity index (χ1) is 15.3. The first-order valence-corrected chi connectivity index (χ1v) is 12.8. The molecule has 4 heterocycles. The minimum Gasteiger partial charge on any atom is -0.489 e. The standard InChI is InChI=1S/C20H20ClN3O6S2/c21-18-6-5-17(31-18)19(25)22-10-16-14-11-29-15-9-12(32(27,28)23-7-1-2-8-23)3-4-13(15)24(14)20(26)30-16/h3-6,9,14,16H,1-2,7-8,10-11H2,(H,22,25)/t14-,16-/m0/s1. The van der Waals surface area contributed by atoms with Crippen molar-refractivity contribution in [2.24, 2.45) is 0 Å². The van der Waals surface area contributed by atoms with E-state index in [1.165, 1.54) is 21.3 Å². The van der Waals surface area contributed by atoms with Crippen molar-refractivity contribution in [3.8, 4) is 5.75 Å². The Balaban J connectivity index is 1.32. The van der Waals surface area contributed by atoms with E-state index in [1.807, 2.05) is 0 Å². The molecule has 1 aromatic carbocycles. The van der Waals surface area contributed by atoms with Gasteiger partial charge in [-0.1, -0.05) is 11.6 Å². The largest absolute Gasteiger partial charge is 0.489 e. The molecule has 12 heteroatoms. The van der Waals surface area contributed by atoms with Crippen molar-refractivity contribution in [3.63, 3.8) is 0 Å². The number of thiophene rings is 1. The molecule has 9 nitrogen and oxygen atoms in total. The van der Waals surface area contributed by atoms with E-state index >= 15 is 0 Å². The number of cyclic esters (lactones) is 1. The molecular formula is C20H20ClN3O6S2. The molecular weight excluding hydrogens is 478 g/mol. The van der Waals surface area contributed by atoms with Crippen LogP contribution in [0.4, 0.5) is 10.5 Å². The molecule has 5 rings (SSSR count). The number of carbonyl (C=O) groups excluding carboxylic acids is 2. The van der Waals surface area contributed by atoms with Crippen molar-refractivity contribution in [2.45, 2.75) is 29.9 Å². The number of carbonyl (C=O) groups is 2. The van der Waals surface area contributed by atoms with Gasteiger partial charge in [-0.2, -0.15) is 4.31 Å². The number of ether oxygens (including phenoxy) is 2. The summed E-state index contributed by atoms with van der Waals surface area (Å²) in [5, 5.41) is 2.76. The van der Waals surface area contributed by atoms with Gasteiger partial charge in [-0.05, 0) is 37.1 Å². The van der Waals surface area contributed by atoms with E-state index < -0.39 is 28.3 Å². The molecule has 2 aromatic rings. The molecule has 3 aliphatic rings. The fraction of sp³-hybridized carbons (Fsp3) is 0.400. The number of hydrogen-bond donors (Lipinski definition) is 1. The number of nitrogens with one attached hydrogen (secondary N) is 1. The van der Waals surface area contributed by atoms with Gasteiger partial charge in [0.25, 0.3) is 5.91 Å². The van der Waals surface area contributed by atoms with Crippen molar-refractivity contribution >= 4 is 50.6 Å². The third-order valence-electron chi connectivity index (χ3n) is 5.77. The second-order valence-electron chi connectivity index (χ2n) is 7.73. The van der Waals surface area contributed by atoms with E-state index in [-0.39, 0.29) is 24.0 Å². The molecule has 1 N–H and O–H groups in total. The number of anilines is 1. The van der Waals surface area contributed by atoms with Crippen LogP contribution in [0.5, 0.6) is 5.75 Å². The highest BCUT2D eigenvalue weighted by Gasteiger charge is 2.47. The topological polar surface area (TPSA) is 105 Å². The maximum Gasteiger partial charge on any atom is 0.415 e. The maximum atomic E-state index is 12.8. The summed E-state index contributed by atoms with van der Waals surface area (Å²) in [6.07, 6.45) is 0.523. The van der Waals surface area contributed by atoms with Crippen molar-refractivity contribution in [1.82, 2.24) is 9.62 Å². The van der Waals surface area contributed by atoms with Gasteiger partial charge in [0.05, 0.1) is 26.3 Å². The first-order valence-electron chi connectivity index (χ1n) is 10.1. The van der Waals surface area contributed by atoms with Crippen LogP contribution in [0.3, 0.4) is 0 Å². The van der Waals surface area contributed by atoms with Gasteiger partial charge in [0, 0.05) is 19.2 Å². The summed E-state index contributed by atoms with van der Waals surface area (Å²) in [5.74, 6) is 0.0154. The van der Waals surface area contributed by atoms with E-state index in [1.54, 1.807) is 18.2 Å². The van der Waals surface area contributed by atoms with Crippen LogP contribution >= 0.6 is 22.9 Å². The molecule has 0 radical (unpaired) electrons. The summed E-state index contributed by atoms with van der Waals surface area (Å²) in [6.45, 7) is 1.25. The summed E-state index contributed by atoms with van der Waals surface area (Å²) in [4.78, 5) is 26.9. The summed E-state index contributed by atoms with van der Waals surface area (Å²) in [5.41, 5.74) is 0.450. The van der Waals surface area contributed by atoms with Crippen molar-refractivity contribution in [2.75, 3.05) is 31.1 Å². The van der Waals surface area contributed by atoms with Gasteiger partial charge in [-0.3, -0.25) is 9.69 Å². The van der Waals surface area contributed by atoms with Crippen molar-refractivity contribution in [1.29, 1.82) is 0 Å². The monoisotopic (exact) mass is 497 g/mol. The van der Waals surface area contributed by atoms with Crippen LogP contribution in [0.1, 0.15) is 22.5 Å². The summed E-state index contributed by atoms with van der Waals surface area (Å²) in [7, 11) is -3.60. The average molecular weight is 498 g/mol. The number of rotatable bonds is 5. The normalized spacial score (nSPS) is 22.8.